The normalized spacial score (nSPS) is 14.0. The van der Waals surface area contributed by atoms with Gasteiger partial charge in [0.25, 0.3) is 0 Å². The van der Waals surface area contributed by atoms with Crippen molar-refractivity contribution < 1.29 is 4.39 Å². The zero-order valence-corrected chi connectivity index (χ0v) is 13.5. The van der Waals surface area contributed by atoms with Crippen LogP contribution >= 0.6 is 23.2 Å². The molecule has 0 saturated heterocycles. The van der Waals surface area contributed by atoms with Crippen LogP contribution in [0.5, 0.6) is 0 Å². The van der Waals surface area contributed by atoms with Gasteiger partial charge in [-0.15, -0.1) is 0 Å². The molecule has 0 saturated carbocycles. The van der Waals surface area contributed by atoms with Gasteiger partial charge in [-0.25, -0.2) is 4.39 Å². The van der Waals surface area contributed by atoms with Crippen LogP contribution in [0.25, 0.3) is 0 Å². The fraction of sp³-hybridized carbons (Fsp3) is 0.294. The Kier molecular flexibility index (Phi) is 5.63. The first-order valence-corrected chi connectivity index (χ1v) is 7.66. The maximum Gasteiger partial charge on any atom is 0.123 e. The Labute approximate surface area is 135 Å². The van der Waals surface area contributed by atoms with Crippen LogP contribution in [-0.2, 0) is 6.42 Å². The molecule has 2 rings (SSSR count). The van der Waals surface area contributed by atoms with Gasteiger partial charge in [-0.2, -0.15) is 0 Å². The molecule has 0 spiro atoms. The zero-order valence-electron chi connectivity index (χ0n) is 12.0. The van der Waals surface area contributed by atoms with Crippen LogP contribution in [0.1, 0.15) is 31.0 Å². The zero-order chi connectivity index (χ0) is 15.4. The molecule has 21 heavy (non-hydrogen) atoms. The van der Waals surface area contributed by atoms with Gasteiger partial charge in [-0.1, -0.05) is 41.4 Å². The lowest BCUT2D eigenvalue weighted by atomic mass is 10.0. The highest BCUT2D eigenvalue weighted by atomic mass is 35.5. The Morgan fingerprint density at radius 2 is 1.81 bits per heavy atom. The fourth-order valence-corrected chi connectivity index (χ4v) is 2.69. The highest BCUT2D eigenvalue weighted by molar-refractivity contribution is 6.42. The highest BCUT2D eigenvalue weighted by Crippen LogP contribution is 2.25. The molecule has 0 aromatic heterocycles. The van der Waals surface area contributed by atoms with Crippen LogP contribution in [0, 0.1) is 5.82 Å². The minimum atomic E-state index is -0.197. The lowest BCUT2D eigenvalue weighted by Crippen LogP contribution is -2.30. The van der Waals surface area contributed by atoms with E-state index in [4.69, 9.17) is 23.2 Å². The summed E-state index contributed by atoms with van der Waals surface area (Å²) in [5.41, 5.74) is 2.06. The number of hydrogen-bond acceptors (Lipinski definition) is 1. The molecule has 2 aromatic rings. The molecule has 0 radical (unpaired) electrons. The third-order valence-corrected chi connectivity index (χ3v) is 4.15. The maximum atomic E-state index is 13.2. The highest BCUT2D eigenvalue weighted by Gasteiger charge is 2.11. The van der Waals surface area contributed by atoms with Crippen molar-refractivity contribution in [2.75, 3.05) is 0 Å². The lowest BCUT2D eigenvalue weighted by Gasteiger charge is -2.21. The van der Waals surface area contributed by atoms with Gasteiger partial charge >= 0.3 is 0 Å². The van der Waals surface area contributed by atoms with Gasteiger partial charge in [0, 0.05) is 12.1 Å². The second kappa shape index (κ2) is 7.26. The molecular weight excluding hydrogens is 308 g/mol. The monoisotopic (exact) mass is 325 g/mol. The van der Waals surface area contributed by atoms with Crippen molar-refractivity contribution in [2.24, 2.45) is 0 Å². The van der Waals surface area contributed by atoms with Crippen molar-refractivity contribution in [1.29, 1.82) is 0 Å². The molecule has 4 heteroatoms. The number of halogens is 3. The Balaban J connectivity index is 1.98. The number of benzene rings is 2. The molecule has 2 atom stereocenters. The second-order valence-electron chi connectivity index (χ2n) is 5.30. The Morgan fingerprint density at radius 1 is 1.05 bits per heavy atom. The van der Waals surface area contributed by atoms with Crippen molar-refractivity contribution in [1.82, 2.24) is 5.32 Å². The SMILES string of the molecule is CC(Cc1cccc(F)c1)NC(C)c1ccc(Cl)c(Cl)c1. The molecule has 1 N–H and O–H groups in total. The summed E-state index contributed by atoms with van der Waals surface area (Å²) in [6, 6.07) is 12.7. The second-order valence-corrected chi connectivity index (χ2v) is 6.11. The number of rotatable bonds is 5. The predicted molar refractivity (Wildman–Crippen MR) is 87.6 cm³/mol. The summed E-state index contributed by atoms with van der Waals surface area (Å²) in [6.45, 7) is 4.15. The third kappa shape index (κ3) is 4.70. The summed E-state index contributed by atoms with van der Waals surface area (Å²) < 4.78 is 13.2. The van der Waals surface area contributed by atoms with Crippen molar-refractivity contribution >= 4 is 23.2 Å². The Bertz CT molecular complexity index is 615. The molecular formula is C17H18Cl2FN. The summed E-state index contributed by atoms with van der Waals surface area (Å²) in [7, 11) is 0. The summed E-state index contributed by atoms with van der Waals surface area (Å²) in [6.07, 6.45) is 0.767. The summed E-state index contributed by atoms with van der Waals surface area (Å²) >= 11 is 12.0. The Morgan fingerprint density at radius 3 is 2.48 bits per heavy atom. The molecule has 0 fully saturated rings. The van der Waals surface area contributed by atoms with E-state index in [0.717, 1.165) is 17.5 Å². The predicted octanol–water partition coefficient (Wildman–Crippen LogP) is 5.41. The number of hydrogen-bond donors (Lipinski definition) is 1. The van der Waals surface area contributed by atoms with E-state index in [0.29, 0.717) is 10.0 Å². The molecule has 0 amide bonds. The minimum Gasteiger partial charge on any atom is -0.307 e. The summed E-state index contributed by atoms with van der Waals surface area (Å²) in [5, 5.41) is 4.60. The van der Waals surface area contributed by atoms with E-state index >= 15 is 0 Å². The molecule has 2 unspecified atom stereocenters. The molecule has 0 heterocycles. The van der Waals surface area contributed by atoms with Gasteiger partial charge in [-0.3, -0.25) is 0 Å². The van der Waals surface area contributed by atoms with E-state index in [2.05, 4.69) is 19.2 Å². The standard InChI is InChI=1S/C17H18Cl2FN/c1-11(8-13-4-3-5-15(20)9-13)21-12(2)14-6-7-16(18)17(19)10-14/h3-7,9-12,21H,8H2,1-2H3. The van der Waals surface area contributed by atoms with Crippen LogP contribution in [-0.4, -0.2) is 6.04 Å². The summed E-state index contributed by atoms with van der Waals surface area (Å²) in [4.78, 5) is 0. The van der Waals surface area contributed by atoms with Crippen LogP contribution < -0.4 is 5.32 Å². The van der Waals surface area contributed by atoms with Crippen LogP contribution in [0.2, 0.25) is 10.0 Å². The van der Waals surface area contributed by atoms with Crippen LogP contribution in [0.15, 0.2) is 42.5 Å². The first kappa shape index (κ1) is 16.3. The molecule has 1 nitrogen and oxygen atoms in total. The van der Waals surface area contributed by atoms with E-state index in [1.165, 1.54) is 6.07 Å². The Hall–Kier alpha value is -1.09. The minimum absolute atomic E-state index is 0.142. The maximum absolute atomic E-state index is 13.2. The smallest absolute Gasteiger partial charge is 0.123 e. The molecule has 0 aliphatic rings. The van der Waals surface area contributed by atoms with Crippen molar-refractivity contribution in [2.45, 2.75) is 32.4 Å². The lowest BCUT2D eigenvalue weighted by molar-refractivity contribution is 0.476. The molecule has 0 aliphatic carbocycles. The molecule has 112 valence electrons. The topological polar surface area (TPSA) is 12.0 Å². The van der Waals surface area contributed by atoms with Crippen molar-refractivity contribution in [3.63, 3.8) is 0 Å². The van der Waals surface area contributed by atoms with E-state index < -0.39 is 0 Å². The molecule has 0 bridgehead atoms. The molecule has 2 aromatic carbocycles. The van der Waals surface area contributed by atoms with Crippen LogP contribution in [0.3, 0.4) is 0 Å². The number of nitrogens with one attached hydrogen (secondary N) is 1. The van der Waals surface area contributed by atoms with E-state index in [-0.39, 0.29) is 17.9 Å². The van der Waals surface area contributed by atoms with Gasteiger partial charge in [0.15, 0.2) is 0 Å². The van der Waals surface area contributed by atoms with Gasteiger partial charge < -0.3 is 5.32 Å². The average molecular weight is 326 g/mol. The summed E-state index contributed by atoms with van der Waals surface area (Å²) in [5.74, 6) is -0.197. The van der Waals surface area contributed by atoms with Crippen molar-refractivity contribution in [3.05, 3.63) is 69.5 Å². The largest absolute Gasteiger partial charge is 0.307 e. The average Bonchev–Trinajstić information content (AvgIpc) is 2.41. The van der Waals surface area contributed by atoms with Gasteiger partial charge in [0.1, 0.15) is 5.82 Å². The van der Waals surface area contributed by atoms with E-state index in [1.54, 1.807) is 18.2 Å². The van der Waals surface area contributed by atoms with Gasteiger partial charge in [0.2, 0.25) is 0 Å². The van der Waals surface area contributed by atoms with Gasteiger partial charge in [0.05, 0.1) is 10.0 Å². The first-order chi connectivity index (χ1) is 9.95. The first-order valence-electron chi connectivity index (χ1n) is 6.91. The fourth-order valence-electron chi connectivity index (χ4n) is 2.38. The van der Waals surface area contributed by atoms with E-state index in [1.807, 2.05) is 18.2 Å². The van der Waals surface area contributed by atoms with Crippen LogP contribution in [0.4, 0.5) is 4.39 Å². The van der Waals surface area contributed by atoms with E-state index in [9.17, 15) is 4.39 Å². The molecule has 0 aliphatic heterocycles. The third-order valence-electron chi connectivity index (χ3n) is 3.41. The van der Waals surface area contributed by atoms with Gasteiger partial charge in [-0.05, 0) is 55.7 Å². The quantitative estimate of drug-likeness (QED) is 0.774. The van der Waals surface area contributed by atoms with Crippen molar-refractivity contribution in [3.8, 4) is 0 Å².